The number of fused-ring (bicyclic) bond motifs is 3. The minimum atomic E-state index is -0.439. The van der Waals surface area contributed by atoms with Gasteiger partial charge in [0.1, 0.15) is 17.0 Å². The van der Waals surface area contributed by atoms with Crippen LogP contribution < -0.4 is 4.90 Å². The van der Waals surface area contributed by atoms with E-state index in [4.69, 9.17) is 4.74 Å². The Balaban J connectivity index is 1.75. The van der Waals surface area contributed by atoms with Gasteiger partial charge >= 0.3 is 5.97 Å². The third-order valence-electron chi connectivity index (χ3n) is 4.93. The van der Waals surface area contributed by atoms with Crippen LogP contribution >= 0.6 is 11.3 Å². The molecule has 2 aromatic heterocycles. The van der Waals surface area contributed by atoms with Gasteiger partial charge in [-0.3, -0.25) is 4.79 Å². The summed E-state index contributed by atoms with van der Waals surface area (Å²) >= 11 is 1.80. The number of aromatic nitrogens is 2. The Morgan fingerprint density at radius 2 is 2.27 bits per heavy atom. The van der Waals surface area contributed by atoms with Crippen LogP contribution in [0.5, 0.6) is 0 Å². The highest BCUT2D eigenvalue weighted by Crippen LogP contribution is 2.42. The van der Waals surface area contributed by atoms with Crippen molar-refractivity contribution >= 4 is 33.3 Å². The lowest BCUT2D eigenvalue weighted by molar-refractivity contribution is -0.150. The lowest BCUT2D eigenvalue weighted by Gasteiger charge is -2.23. The van der Waals surface area contributed by atoms with Gasteiger partial charge in [-0.1, -0.05) is 0 Å². The number of carbonyl (C=O) groups is 1. The van der Waals surface area contributed by atoms with Crippen molar-refractivity contribution in [3.63, 3.8) is 0 Å². The number of hydrogen-bond acceptors (Lipinski definition) is 6. The zero-order valence-electron chi connectivity index (χ0n) is 12.9. The molecule has 1 aliphatic carbocycles. The molecule has 0 radical (unpaired) electrons. The molecule has 2 aromatic rings. The molecular weight excluding hydrogens is 298 g/mol. The maximum Gasteiger partial charge on any atom is 0.313 e. The number of carbonyl (C=O) groups excluding carboxylic acids is 1. The molecule has 5 nitrogen and oxygen atoms in total. The first-order valence-electron chi connectivity index (χ1n) is 7.71. The Bertz CT molecular complexity index is 757. The standard InChI is InChI=1S/C16H19N3O2S/c1-16(15(20)21-2)6-7-19(8-16)13-12-10-4-3-5-11(10)22-14(12)18-9-17-13/h9H,3-8H2,1-2H3. The first kappa shape index (κ1) is 13.9. The topological polar surface area (TPSA) is 55.3 Å². The molecule has 0 N–H and O–H groups in total. The zero-order chi connectivity index (χ0) is 15.3. The summed E-state index contributed by atoms with van der Waals surface area (Å²) in [5.74, 6) is 0.868. The van der Waals surface area contributed by atoms with Crippen molar-refractivity contribution in [1.29, 1.82) is 0 Å². The van der Waals surface area contributed by atoms with Gasteiger partial charge in [0.2, 0.25) is 0 Å². The normalized spacial score (nSPS) is 24.0. The van der Waals surface area contributed by atoms with Crippen LogP contribution in [0.1, 0.15) is 30.2 Å². The van der Waals surface area contributed by atoms with Gasteiger partial charge in [-0.25, -0.2) is 9.97 Å². The van der Waals surface area contributed by atoms with Crippen LogP contribution in [0.25, 0.3) is 10.2 Å². The fourth-order valence-electron chi connectivity index (χ4n) is 3.71. The number of thiophene rings is 1. The second-order valence-electron chi connectivity index (χ2n) is 6.46. The van der Waals surface area contributed by atoms with Gasteiger partial charge in [0, 0.05) is 18.0 Å². The highest BCUT2D eigenvalue weighted by atomic mass is 32.1. The van der Waals surface area contributed by atoms with Crippen molar-refractivity contribution in [2.45, 2.75) is 32.6 Å². The van der Waals surface area contributed by atoms with Crippen LogP contribution in [-0.2, 0) is 22.4 Å². The molecule has 0 spiro atoms. The second-order valence-corrected chi connectivity index (χ2v) is 7.54. The molecular formula is C16H19N3O2S. The van der Waals surface area contributed by atoms with E-state index in [0.29, 0.717) is 6.54 Å². The molecule has 1 atom stereocenters. The maximum absolute atomic E-state index is 12.0. The molecule has 1 aliphatic heterocycles. The summed E-state index contributed by atoms with van der Waals surface area (Å²) in [6.45, 7) is 3.48. The van der Waals surface area contributed by atoms with E-state index in [1.54, 1.807) is 17.7 Å². The van der Waals surface area contributed by atoms with Gasteiger partial charge in [-0.2, -0.15) is 0 Å². The average molecular weight is 317 g/mol. The van der Waals surface area contributed by atoms with Crippen LogP contribution in [0.4, 0.5) is 5.82 Å². The molecule has 0 amide bonds. The Hall–Kier alpha value is -1.69. The van der Waals surface area contributed by atoms with Crippen molar-refractivity contribution in [3.8, 4) is 0 Å². The maximum atomic E-state index is 12.0. The van der Waals surface area contributed by atoms with Crippen LogP contribution in [0.2, 0.25) is 0 Å². The van der Waals surface area contributed by atoms with E-state index < -0.39 is 5.41 Å². The Morgan fingerprint density at radius 3 is 3.09 bits per heavy atom. The molecule has 1 saturated heterocycles. The molecule has 116 valence electrons. The third kappa shape index (κ3) is 1.93. The van der Waals surface area contributed by atoms with E-state index in [9.17, 15) is 4.79 Å². The second kappa shape index (κ2) is 4.91. The Labute approximate surface area is 133 Å². The fourth-order valence-corrected chi connectivity index (χ4v) is 4.93. The number of aryl methyl sites for hydroxylation is 2. The first-order valence-corrected chi connectivity index (χ1v) is 8.53. The molecule has 22 heavy (non-hydrogen) atoms. The summed E-state index contributed by atoms with van der Waals surface area (Å²) in [4.78, 5) is 25.8. The largest absolute Gasteiger partial charge is 0.469 e. The molecule has 1 fully saturated rings. The highest BCUT2D eigenvalue weighted by Gasteiger charge is 2.42. The lowest BCUT2D eigenvalue weighted by Crippen LogP contribution is -2.33. The van der Waals surface area contributed by atoms with Crippen LogP contribution in [0, 0.1) is 5.41 Å². The number of methoxy groups -OCH3 is 1. The van der Waals surface area contributed by atoms with E-state index in [0.717, 1.165) is 36.5 Å². The van der Waals surface area contributed by atoms with Crippen molar-refractivity contribution in [2.75, 3.05) is 25.1 Å². The van der Waals surface area contributed by atoms with Crippen LogP contribution in [0.15, 0.2) is 6.33 Å². The van der Waals surface area contributed by atoms with Crippen molar-refractivity contribution < 1.29 is 9.53 Å². The summed E-state index contributed by atoms with van der Waals surface area (Å²) in [5.41, 5.74) is 0.993. The average Bonchev–Trinajstić information content (AvgIpc) is 3.20. The Kier molecular flexibility index (Phi) is 3.11. The number of rotatable bonds is 2. The molecule has 4 rings (SSSR count). The summed E-state index contributed by atoms with van der Waals surface area (Å²) in [6.07, 6.45) is 5.97. The molecule has 0 saturated carbocycles. The van der Waals surface area contributed by atoms with Gasteiger partial charge < -0.3 is 9.64 Å². The van der Waals surface area contributed by atoms with Crippen molar-refractivity contribution in [1.82, 2.24) is 9.97 Å². The van der Waals surface area contributed by atoms with Gasteiger partial charge in [-0.05, 0) is 38.2 Å². The summed E-state index contributed by atoms with van der Waals surface area (Å²) < 4.78 is 4.97. The quantitative estimate of drug-likeness (QED) is 0.797. The van der Waals surface area contributed by atoms with Gasteiger partial charge in [0.15, 0.2) is 0 Å². The lowest BCUT2D eigenvalue weighted by atomic mass is 9.90. The molecule has 1 unspecified atom stereocenters. The minimum absolute atomic E-state index is 0.129. The Morgan fingerprint density at radius 1 is 1.41 bits per heavy atom. The molecule has 2 aliphatic rings. The summed E-state index contributed by atoms with van der Waals surface area (Å²) in [7, 11) is 1.46. The number of esters is 1. The number of anilines is 1. The minimum Gasteiger partial charge on any atom is -0.469 e. The van der Waals surface area contributed by atoms with Crippen molar-refractivity contribution in [2.24, 2.45) is 5.41 Å². The van der Waals surface area contributed by atoms with E-state index in [1.807, 2.05) is 6.92 Å². The predicted molar refractivity (Wildman–Crippen MR) is 86.4 cm³/mol. The van der Waals surface area contributed by atoms with Crippen LogP contribution in [0.3, 0.4) is 0 Å². The van der Waals surface area contributed by atoms with Crippen molar-refractivity contribution in [3.05, 3.63) is 16.8 Å². The predicted octanol–water partition coefficient (Wildman–Crippen LogP) is 2.57. The fraction of sp³-hybridized carbons (Fsp3) is 0.562. The summed E-state index contributed by atoms with van der Waals surface area (Å²) in [6, 6.07) is 0. The van der Waals surface area contributed by atoms with Gasteiger partial charge in [0.25, 0.3) is 0 Å². The third-order valence-corrected chi connectivity index (χ3v) is 6.13. The molecule has 6 heteroatoms. The van der Waals surface area contributed by atoms with E-state index in [-0.39, 0.29) is 5.97 Å². The number of nitrogens with zero attached hydrogens (tertiary/aromatic N) is 3. The first-order chi connectivity index (χ1) is 10.6. The smallest absolute Gasteiger partial charge is 0.313 e. The highest BCUT2D eigenvalue weighted by molar-refractivity contribution is 7.19. The van der Waals surface area contributed by atoms with E-state index in [1.165, 1.54) is 29.4 Å². The number of hydrogen-bond donors (Lipinski definition) is 0. The monoisotopic (exact) mass is 317 g/mol. The zero-order valence-corrected chi connectivity index (χ0v) is 13.7. The van der Waals surface area contributed by atoms with Gasteiger partial charge in [-0.15, -0.1) is 11.3 Å². The summed E-state index contributed by atoms with van der Waals surface area (Å²) in [5, 5.41) is 1.22. The van der Waals surface area contributed by atoms with E-state index in [2.05, 4.69) is 14.9 Å². The van der Waals surface area contributed by atoms with Gasteiger partial charge in [0.05, 0.1) is 17.9 Å². The molecule has 3 heterocycles. The number of ether oxygens (including phenoxy) is 1. The SMILES string of the molecule is COC(=O)C1(C)CCN(c2ncnc3sc4c(c23)CCC4)C1. The molecule has 0 bridgehead atoms. The molecule has 0 aromatic carbocycles. The van der Waals surface area contributed by atoms with E-state index >= 15 is 0 Å². The van der Waals surface area contributed by atoms with Crippen LogP contribution in [-0.4, -0.2) is 36.1 Å².